The van der Waals surface area contributed by atoms with Gasteiger partial charge in [0.15, 0.2) is 0 Å². The van der Waals surface area contributed by atoms with Crippen LogP contribution in [0.25, 0.3) is 0 Å². The number of amides is 2. The fourth-order valence-corrected chi connectivity index (χ4v) is 7.56. The van der Waals surface area contributed by atoms with Crippen LogP contribution in [0, 0.1) is 11.7 Å². The number of halogens is 2. The smallest absolute Gasteiger partial charge is 0.254 e. The van der Waals surface area contributed by atoms with Crippen molar-refractivity contribution in [2.75, 3.05) is 49.5 Å². The molecule has 2 amide bonds. The first-order valence-corrected chi connectivity index (χ1v) is 16.6. The average Bonchev–Trinajstić information content (AvgIpc) is 3.07. The van der Waals surface area contributed by atoms with Crippen LogP contribution in [0.4, 0.5) is 15.8 Å². The molecule has 3 aliphatic rings. The molecule has 3 aromatic carbocycles. The Hall–Kier alpha value is -4.47. The molecule has 0 saturated carbocycles. The summed E-state index contributed by atoms with van der Waals surface area (Å²) in [5.41, 5.74) is 4.20. The van der Waals surface area contributed by atoms with Crippen LogP contribution < -0.4 is 15.8 Å². The quantitative estimate of drug-likeness (QED) is 0.289. The molecule has 8 nitrogen and oxygen atoms in total. The van der Waals surface area contributed by atoms with Gasteiger partial charge in [-0.1, -0.05) is 54.1 Å². The highest BCUT2D eigenvalue weighted by atomic mass is 35.5. The molecule has 10 heteroatoms. The Kier molecular flexibility index (Phi) is 8.84. The molecule has 1 aromatic heterocycles. The van der Waals surface area contributed by atoms with E-state index < -0.39 is 11.7 Å². The highest BCUT2D eigenvalue weighted by molar-refractivity contribution is 6.31. The van der Waals surface area contributed by atoms with Crippen LogP contribution in [0.2, 0.25) is 5.02 Å². The second-order valence-corrected chi connectivity index (χ2v) is 13.2. The van der Waals surface area contributed by atoms with E-state index >= 15 is 0 Å². The highest BCUT2D eigenvalue weighted by Gasteiger charge is 2.35. The minimum absolute atomic E-state index is 0.0224. The second-order valence-electron chi connectivity index (χ2n) is 12.8. The Bertz CT molecular complexity index is 1840. The molecule has 3 aliphatic heterocycles. The summed E-state index contributed by atoms with van der Waals surface area (Å²) in [5.74, 6) is -0.638. The van der Waals surface area contributed by atoms with Gasteiger partial charge in [0.05, 0.1) is 17.8 Å². The van der Waals surface area contributed by atoms with E-state index in [9.17, 15) is 18.8 Å². The van der Waals surface area contributed by atoms with E-state index in [2.05, 4.69) is 27.2 Å². The zero-order valence-corrected chi connectivity index (χ0v) is 26.8. The monoisotopic (exact) mass is 653 g/mol. The van der Waals surface area contributed by atoms with Gasteiger partial charge in [-0.2, -0.15) is 0 Å². The molecule has 2 fully saturated rings. The van der Waals surface area contributed by atoms with Crippen molar-refractivity contribution in [2.45, 2.75) is 31.8 Å². The maximum Gasteiger partial charge on any atom is 0.254 e. The van der Waals surface area contributed by atoms with Gasteiger partial charge in [-0.15, -0.1) is 0 Å². The van der Waals surface area contributed by atoms with E-state index in [1.165, 1.54) is 17.7 Å². The van der Waals surface area contributed by atoms with Crippen LogP contribution in [-0.2, 0) is 24.3 Å². The van der Waals surface area contributed by atoms with Crippen LogP contribution in [0.5, 0.6) is 0 Å². The second kappa shape index (κ2) is 13.3. The summed E-state index contributed by atoms with van der Waals surface area (Å²) in [6.07, 6.45) is 0.744. The largest absolute Gasteiger partial charge is 0.369 e. The van der Waals surface area contributed by atoms with E-state index in [1.807, 2.05) is 51.9 Å². The number of nitrogens with one attached hydrogen (secondary N) is 1. The molecule has 4 aromatic rings. The third-order valence-corrected chi connectivity index (χ3v) is 10.00. The van der Waals surface area contributed by atoms with Crippen LogP contribution in [0.3, 0.4) is 0 Å². The lowest BCUT2D eigenvalue weighted by Crippen LogP contribution is -2.48. The lowest BCUT2D eigenvalue weighted by atomic mass is 9.83. The van der Waals surface area contributed by atoms with Gasteiger partial charge in [0.25, 0.3) is 11.5 Å². The van der Waals surface area contributed by atoms with E-state index in [0.29, 0.717) is 44.0 Å². The Morgan fingerprint density at radius 1 is 0.872 bits per heavy atom. The van der Waals surface area contributed by atoms with E-state index in [0.717, 1.165) is 37.4 Å². The normalized spacial score (nSPS) is 19.3. The summed E-state index contributed by atoms with van der Waals surface area (Å²) in [6.45, 7) is 5.61. The first-order chi connectivity index (χ1) is 22.8. The number of hydrogen-bond donors (Lipinski definition) is 1. The highest BCUT2D eigenvalue weighted by Crippen LogP contribution is 2.39. The molecular formula is C37H37ClFN5O3. The molecule has 2 bridgehead atoms. The molecule has 0 unspecified atom stereocenters. The molecule has 7 rings (SSSR count). The van der Waals surface area contributed by atoms with Gasteiger partial charge in [0, 0.05) is 86.2 Å². The number of piperazine rings is 1. The number of carbonyl (C=O) groups excluding carboxylic acids is 2. The summed E-state index contributed by atoms with van der Waals surface area (Å²) < 4.78 is 16.5. The number of fused-ring (bicyclic) bond motifs is 4. The number of pyridine rings is 1. The van der Waals surface area contributed by atoms with Gasteiger partial charge < -0.3 is 19.7 Å². The fraction of sp³-hybridized carbons (Fsp3) is 0.324. The molecule has 0 radical (unpaired) electrons. The Morgan fingerprint density at radius 2 is 1.66 bits per heavy atom. The maximum atomic E-state index is 14.6. The fourth-order valence-electron chi connectivity index (χ4n) is 7.33. The summed E-state index contributed by atoms with van der Waals surface area (Å²) in [5, 5.41) is 3.19. The Balaban J connectivity index is 1.13. The molecular weight excluding hydrogens is 617 g/mol. The molecule has 47 heavy (non-hydrogen) atoms. The number of carbonyl (C=O) groups is 2. The Morgan fingerprint density at radius 3 is 2.45 bits per heavy atom. The summed E-state index contributed by atoms with van der Waals surface area (Å²) in [7, 11) is 0. The molecule has 0 spiro atoms. The summed E-state index contributed by atoms with van der Waals surface area (Å²) in [4.78, 5) is 46.2. The molecule has 242 valence electrons. The van der Waals surface area contributed by atoms with Crippen molar-refractivity contribution < 1.29 is 14.0 Å². The predicted molar refractivity (Wildman–Crippen MR) is 182 cm³/mol. The van der Waals surface area contributed by atoms with Crippen LogP contribution in [0.15, 0.2) is 89.7 Å². The SMILES string of the molecule is O=C(Cc1c(F)cccc1Cl)Nc1cc(C(=O)N2CCN(Cc3ccccc3)CC2)ccc1N1C[C@H]2C[C@@H](C1)c1cccc(=O)n1C2. The zero-order valence-electron chi connectivity index (χ0n) is 26.1. The number of benzene rings is 3. The van der Waals surface area contributed by atoms with Crippen molar-refractivity contribution in [3.05, 3.63) is 129 Å². The van der Waals surface area contributed by atoms with Crippen molar-refractivity contribution in [1.29, 1.82) is 0 Å². The standard InChI is InChI=1S/C37H37ClFN5O3/c38-30-8-4-9-31(39)29(30)20-35(45)40-32-19-27(37(47)42-16-14-41(15-17-42)21-25-6-2-1-3-7-25)12-13-34(32)43-22-26-18-28(24-43)33-10-5-11-36(46)44(33)23-26/h1-13,19,26,28H,14-18,20-24H2,(H,40,45)/t26-,28+/m1/s1. The van der Waals surface area contributed by atoms with E-state index in [1.54, 1.807) is 18.2 Å². The molecule has 2 atom stereocenters. The van der Waals surface area contributed by atoms with Crippen molar-refractivity contribution in [1.82, 2.24) is 14.4 Å². The minimum Gasteiger partial charge on any atom is -0.369 e. The topological polar surface area (TPSA) is 77.9 Å². The third kappa shape index (κ3) is 6.68. The minimum atomic E-state index is -0.541. The van der Waals surface area contributed by atoms with E-state index in [-0.39, 0.29) is 40.3 Å². The zero-order chi connectivity index (χ0) is 32.5. The third-order valence-electron chi connectivity index (χ3n) is 9.65. The van der Waals surface area contributed by atoms with Crippen LogP contribution >= 0.6 is 11.6 Å². The van der Waals surface area contributed by atoms with Gasteiger partial charge >= 0.3 is 0 Å². The van der Waals surface area contributed by atoms with Crippen molar-refractivity contribution >= 4 is 34.8 Å². The maximum absolute atomic E-state index is 14.6. The average molecular weight is 654 g/mol. The molecule has 1 N–H and O–H groups in total. The van der Waals surface area contributed by atoms with Crippen molar-refractivity contribution in [3.63, 3.8) is 0 Å². The summed E-state index contributed by atoms with van der Waals surface area (Å²) in [6, 6.07) is 25.6. The van der Waals surface area contributed by atoms with Gasteiger partial charge in [0.1, 0.15) is 5.82 Å². The molecule has 4 heterocycles. The lowest BCUT2D eigenvalue weighted by molar-refractivity contribution is -0.115. The van der Waals surface area contributed by atoms with Crippen molar-refractivity contribution in [3.8, 4) is 0 Å². The Labute approximate surface area is 278 Å². The first-order valence-electron chi connectivity index (χ1n) is 16.2. The van der Waals surface area contributed by atoms with Crippen LogP contribution in [0.1, 0.15) is 39.5 Å². The van der Waals surface area contributed by atoms with Gasteiger partial charge in [-0.25, -0.2) is 4.39 Å². The number of aromatic nitrogens is 1. The number of hydrogen-bond acceptors (Lipinski definition) is 5. The van der Waals surface area contributed by atoms with Gasteiger partial charge in [0.2, 0.25) is 5.91 Å². The van der Waals surface area contributed by atoms with Gasteiger partial charge in [-0.3, -0.25) is 19.3 Å². The predicted octanol–water partition coefficient (Wildman–Crippen LogP) is 5.40. The number of nitrogens with zero attached hydrogens (tertiary/aromatic N) is 4. The molecule has 0 aliphatic carbocycles. The number of piperidine rings is 1. The van der Waals surface area contributed by atoms with Crippen molar-refractivity contribution in [2.24, 2.45) is 5.92 Å². The van der Waals surface area contributed by atoms with E-state index in [4.69, 9.17) is 11.6 Å². The molecule has 2 saturated heterocycles. The van der Waals surface area contributed by atoms with Crippen LogP contribution in [-0.4, -0.2) is 65.4 Å². The lowest BCUT2D eigenvalue weighted by Gasteiger charge is -2.44. The first kappa shape index (κ1) is 31.1. The van der Waals surface area contributed by atoms with Gasteiger partial charge in [-0.05, 0) is 54.3 Å². The summed E-state index contributed by atoms with van der Waals surface area (Å²) >= 11 is 6.24. The number of anilines is 2. The number of rotatable bonds is 7.